The van der Waals surface area contributed by atoms with Gasteiger partial charge in [-0.15, -0.1) is 10.2 Å². The van der Waals surface area contributed by atoms with Crippen molar-refractivity contribution in [3.8, 4) is 5.69 Å². The maximum absolute atomic E-state index is 14.4. The van der Waals surface area contributed by atoms with Crippen molar-refractivity contribution in [1.29, 1.82) is 0 Å². The lowest BCUT2D eigenvalue weighted by Gasteiger charge is -2.18. The van der Waals surface area contributed by atoms with Gasteiger partial charge in [0.05, 0.1) is 12.2 Å². The minimum absolute atomic E-state index is 0.0740. The van der Waals surface area contributed by atoms with Crippen LogP contribution in [0.1, 0.15) is 48.8 Å². The Bertz CT molecular complexity index is 841. The molecule has 2 aromatic heterocycles. The first kappa shape index (κ1) is 16.3. The Morgan fingerprint density at radius 2 is 1.96 bits per heavy atom. The van der Waals surface area contributed by atoms with Gasteiger partial charge in [-0.2, -0.15) is 5.10 Å². The Morgan fingerprint density at radius 3 is 2.54 bits per heavy atom. The highest BCUT2D eigenvalue weighted by Crippen LogP contribution is 2.22. The van der Waals surface area contributed by atoms with E-state index in [0.717, 1.165) is 11.1 Å². The molecule has 0 aliphatic carbocycles. The first-order valence-corrected chi connectivity index (χ1v) is 7.81. The van der Waals surface area contributed by atoms with E-state index in [4.69, 9.17) is 4.42 Å². The lowest BCUT2D eigenvalue weighted by Crippen LogP contribution is -2.23. The van der Waals surface area contributed by atoms with Crippen molar-refractivity contribution < 1.29 is 8.81 Å². The number of aromatic nitrogens is 4. The Labute approximate surface area is 139 Å². The summed E-state index contributed by atoms with van der Waals surface area (Å²) in [5, 5.41) is 15.3. The zero-order valence-corrected chi connectivity index (χ0v) is 14.1. The number of rotatable bonds is 5. The average Bonchev–Trinajstić information content (AvgIpc) is 3.15. The van der Waals surface area contributed by atoms with E-state index in [1.807, 2.05) is 26.8 Å². The van der Waals surface area contributed by atoms with E-state index in [2.05, 4.69) is 20.6 Å². The lowest BCUT2D eigenvalue weighted by molar-refractivity contribution is 0.379. The van der Waals surface area contributed by atoms with Crippen LogP contribution in [0.2, 0.25) is 0 Å². The first-order valence-electron chi connectivity index (χ1n) is 7.81. The summed E-state index contributed by atoms with van der Waals surface area (Å²) in [6.45, 7) is 7.56. The summed E-state index contributed by atoms with van der Waals surface area (Å²) in [5.74, 6) is 0.727. The number of hydrogen-bond acceptors (Lipinski definition) is 5. The van der Waals surface area contributed by atoms with Crippen LogP contribution < -0.4 is 5.32 Å². The van der Waals surface area contributed by atoms with Gasteiger partial charge in [0.25, 0.3) is 0 Å². The normalized spacial score (nSPS) is 13.9. The number of nitrogens with zero attached hydrogens (tertiary/aromatic N) is 4. The maximum atomic E-state index is 14.4. The molecular formula is C17H20FN5O. The monoisotopic (exact) mass is 329 g/mol. The smallest absolute Gasteiger partial charge is 0.233 e. The van der Waals surface area contributed by atoms with Crippen LogP contribution >= 0.6 is 0 Å². The molecule has 3 aromatic rings. The molecule has 0 fully saturated rings. The minimum Gasteiger partial charge on any atom is -0.424 e. The molecule has 24 heavy (non-hydrogen) atoms. The van der Waals surface area contributed by atoms with Gasteiger partial charge in [0, 0.05) is 19.2 Å². The number of hydrogen-bond donors (Lipinski definition) is 1. The topological polar surface area (TPSA) is 68.8 Å². The van der Waals surface area contributed by atoms with Crippen LogP contribution in [0, 0.1) is 19.7 Å². The molecule has 1 aromatic carbocycles. The van der Waals surface area contributed by atoms with Crippen molar-refractivity contribution in [1.82, 2.24) is 25.3 Å². The molecule has 0 spiro atoms. The van der Waals surface area contributed by atoms with Crippen LogP contribution in [0.3, 0.4) is 0 Å². The van der Waals surface area contributed by atoms with Crippen molar-refractivity contribution in [3.63, 3.8) is 0 Å². The highest BCUT2D eigenvalue weighted by molar-refractivity contribution is 5.37. The summed E-state index contributed by atoms with van der Waals surface area (Å²) >= 11 is 0. The maximum Gasteiger partial charge on any atom is 0.233 e. The molecule has 3 rings (SSSR count). The number of benzene rings is 1. The summed E-state index contributed by atoms with van der Waals surface area (Å²) < 4.78 is 21.4. The molecule has 0 aliphatic heterocycles. The minimum atomic E-state index is -0.314. The second-order valence-corrected chi connectivity index (χ2v) is 5.94. The van der Waals surface area contributed by atoms with Crippen molar-refractivity contribution in [2.24, 2.45) is 0 Å². The zero-order valence-electron chi connectivity index (χ0n) is 14.1. The number of aryl methyl sites for hydroxylation is 2. The fourth-order valence-electron chi connectivity index (χ4n) is 2.55. The molecule has 0 saturated heterocycles. The van der Waals surface area contributed by atoms with Crippen LogP contribution in [-0.4, -0.2) is 20.0 Å². The van der Waals surface area contributed by atoms with Gasteiger partial charge in [0.2, 0.25) is 11.8 Å². The van der Waals surface area contributed by atoms with Crippen molar-refractivity contribution >= 4 is 0 Å². The molecule has 126 valence electrons. The summed E-state index contributed by atoms with van der Waals surface area (Å²) in [6, 6.07) is 4.94. The predicted octanol–water partition coefficient (Wildman–Crippen LogP) is 3.42. The molecule has 6 nitrogen and oxygen atoms in total. The molecule has 0 bridgehead atoms. The van der Waals surface area contributed by atoms with Crippen LogP contribution in [-0.2, 0) is 0 Å². The third-order valence-electron chi connectivity index (χ3n) is 3.84. The molecule has 0 radical (unpaired) electrons. The number of halogens is 1. The Morgan fingerprint density at radius 1 is 1.17 bits per heavy atom. The molecule has 1 N–H and O–H groups in total. The fourth-order valence-corrected chi connectivity index (χ4v) is 2.55. The summed E-state index contributed by atoms with van der Waals surface area (Å²) in [7, 11) is 0. The van der Waals surface area contributed by atoms with Crippen LogP contribution in [0.25, 0.3) is 5.69 Å². The Balaban J connectivity index is 1.75. The lowest BCUT2D eigenvalue weighted by atomic mass is 10.1. The standard InChI is InChI=1S/C17H20FN5O/c1-10-8-19-23(9-10)16-6-5-14(7-15(16)18)11(2)20-12(3)17-22-21-13(4)24-17/h5-9,11-12,20H,1-4H3/t11-,12+/m1/s1. The van der Waals surface area contributed by atoms with E-state index in [1.165, 1.54) is 10.7 Å². The molecule has 0 amide bonds. The summed E-state index contributed by atoms with van der Waals surface area (Å²) in [5.41, 5.74) is 2.25. The molecule has 2 heterocycles. The second-order valence-electron chi connectivity index (χ2n) is 5.94. The largest absolute Gasteiger partial charge is 0.424 e. The molecular weight excluding hydrogens is 309 g/mol. The molecule has 7 heteroatoms. The fraction of sp³-hybridized carbons (Fsp3) is 0.353. The Hall–Kier alpha value is -2.54. The van der Waals surface area contributed by atoms with Crippen molar-refractivity contribution in [3.05, 3.63) is 59.3 Å². The van der Waals surface area contributed by atoms with Gasteiger partial charge in [-0.1, -0.05) is 6.07 Å². The van der Waals surface area contributed by atoms with Gasteiger partial charge >= 0.3 is 0 Å². The third kappa shape index (κ3) is 3.35. The van der Waals surface area contributed by atoms with Gasteiger partial charge in [-0.3, -0.25) is 5.32 Å². The molecule has 2 atom stereocenters. The van der Waals surface area contributed by atoms with Crippen LogP contribution in [0.15, 0.2) is 35.0 Å². The highest BCUT2D eigenvalue weighted by atomic mass is 19.1. The Kier molecular flexibility index (Phi) is 4.44. The van der Waals surface area contributed by atoms with E-state index in [1.54, 1.807) is 25.4 Å². The predicted molar refractivity (Wildman–Crippen MR) is 87.3 cm³/mol. The van der Waals surface area contributed by atoms with E-state index in [-0.39, 0.29) is 17.9 Å². The van der Waals surface area contributed by atoms with E-state index in [0.29, 0.717) is 17.5 Å². The number of nitrogens with one attached hydrogen (secondary N) is 1. The third-order valence-corrected chi connectivity index (χ3v) is 3.84. The van der Waals surface area contributed by atoms with Crippen molar-refractivity contribution in [2.45, 2.75) is 39.8 Å². The van der Waals surface area contributed by atoms with E-state index in [9.17, 15) is 4.39 Å². The molecule has 0 unspecified atom stereocenters. The van der Waals surface area contributed by atoms with E-state index >= 15 is 0 Å². The van der Waals surface area contributed by atoms with Gasteiger partial charge in [0.15, 0.2) is 0 Å². The van der Waals surface area contributed by atoms with Gasteiger partial charge in [0.1, 0.15) is 11.5 Å². The highest BCUT2D eigenvalue weighted by Gasteiger charge is 2.17. The van der Waals surface area contributed by atoms with Gasteiger partial charge in [-0.25, -0.2) is 9.07 Å². The van der Waals surface area contributed by atoms with Crippen LogP contribution in [0.4, 0.5) is 4.39 Å². The average molecular weight is 329 g/mol. The summed E-state index contributed by atoms with van der Waals surface area (Å²) in [6.07, 6.45) is 3.49. The molecule has 0 saturated carbocycles. The summed E-state index contributed by atoms with van der Waals surface area (Å²) in [4.78, 5) is 0. The SMILES string of the molecule is Cc1cnn(-c2ccc([C@@H](C)N[C@@H](C)c3nnc(C)o3)cc2F)c1. The zero-order chi connectivity index (χ0) is 17.3. The van der Waals surface area contributed by atoms with Crippen molar-refractivity contribution in [2.75, 3.05) is 0 Å². The van der Waals surface area contributed by atoms with E-state index < -0.39 is 0 Å². The van der Waals surface area contributed by atoms with Gasteiger partial charge in [-0.05, 0) is 44.0 Å². The first-order chi connectivity index (χ1) is 11.4. The quantitative estimate of drug-likeness (QED) is 0.777. The van der Waals surface area contributed by atoms with Crippen LogP contribution in [0.5, 0.6) is 0 Å². The van der Waals surface area contributed by atoms with Gasteiger partial charge < -0.3 is 4.42 Å². The second kappa shape index (κ2) is 6.52. The molecule has 0 aliphatic rings.